The number of aliphatic hydroxyl groups excluding tert-OH is 1. The van der Waals surface area contributed by atoms with Gasteiger partial charge in [0.2, 0.25) is 5.91 Å². The van der Waals surface area contributed by atoms with Gasteiger partial charge in [0, 0.05) is 23.7 Å². The molecule has 1 amide bonds. The standard InChI is InChI=1S/C21H28F3NO3/c1-2-3-4-5-6-7-8-9-10-20(28)25-17-13-11-16(12-14-17)18(26)15-19(27)21(22,23)24/h11-15,26H,2-10H2,1H3,(H,25,28)/b18-15-. The van der Waals surface area contributed by atoms with Crippen LogP contribution in [0.25, 0.3) is 5.76 Å². The van der Waals surface area contributed by atoms with Crippen molar-refractivity contribution < 1.29 is 27.9 Å². The number of ketones is 1. The number of halogens is 3. The van der Waals surface area contributed by atoms with E-state index in [2.05, 4.69) is 12.2 Å². The zero-order chi connectivity index (χ0) is 21.0. The lowest BCUT2D eigenvalue weighted by Crippen LogP contribution is -2.20. The maximum absolute atomic E-state index is 12.2. The number of aliphatic hydroxyl groups is 1. The minimum Gasteiger partial charge on any atom is -0.507 e. The minimum atomic E-state index is -5.03. The second-order valence-corrected chi connectivity index (χ2v) is 6.74. The summed E-state index contributed by atoms with van der Waals surface area (Å²) in [5, 5.41) is 12.3. The Balaban J connectivity index is 2.37. The van der Waals surface area contributed by atoms with Crippen LogP contribution in [0.3, 0.4) is 0 Å². The van der Waals surface area contributed by atoms with E-state index < -0.39 is 17.7 Å². The van der Waals surface area contributed by atoms with Crippen LogP contribution < -0.4 is 5.32 Å². The van der Waals surface area contributed by atoms with Gasteiger partial charge in [0.15, 0.2) is 0 Å². The zero-order valence-electron chi connectivity index (χ0n) is 16.1. The normalized spacial score (nSPS) is 12.1. The van der Waals surface area contributed by atoms with Gasteiger partial charge in [0.25, 0.3) is 5.78 Å². The van der Waals surface area contributed by atoms with Crippen LogP contribution >= 0.6 is 0 Å². The molecule has 0 aliphatic rings. The molecule has 0 fully saturated rings. The lowest BCUT2D eigenvalue weighted by Gasteiger charge is -2.07. The molecule has 156 valence electrons. The van der Waals surface area contributed by atoms with Crippen molar-refractivity contribution in [1.29, 1.82) is 0 Å². The lowest BCUT2D eigenvalue weighted by atomic mass is 10.1. The first kappa shape index (κ1) is 23.7. The van der Waals surface area contributed by atoms with Crippen molar-refractivity contribution in [3.63, 3.8) is 0 Å². The molecule has 0 aromatic heterocycles. The van der Waals surface area contributed by atoms with E-state index in [0.717, 1.165) is 19.3 Å². The Kier molecular flexibility index (Phi) is 10.3. The van der Waals surface area contributed by atoms with Gasteiger partial charge in [-0.15, -0.1) is 0 Å². The second kappa shape index (κ2) is 12.2. The highest BCUT2D eigenvalue weighted by atomic mass is 19.4. The Morgan fingerprint density at radius 1 is 0.964 bits per heavy atom. The number of benzene rings is 1. The van der Waals surface area contributed by atoms with Crippen LogP contribution in [-0.4, -0.2) is 23.0 Å². The SMILES string of the molecule is CCCCCCCCCCC(=O)Nc1ccc(/C(O)=C/C(=O)C(F)(F)F)cc1. The van der Waals surface area contributed by atoms with Gasteiger partial charge in [-0.25, -0.2) is 0 Å². The van der Waals surface area contributed by atoms with Crippen LogP contribution in [0.15, 0.2) is 30.3 Å². The molecule has 0 radical (unpaired) electrons. The van der Waals surface area contributed by atoms with E-state index in [9.17, 15) is 27.9 Å². The van der Waals surface area contributed by atoms with E-state index in [-0.39, 0.29) is 17.5 Å². The number of rotatable bonds is 12. The number of amides is 1. The number of carbonyl (C=O) groups is 2. The average molecular weight is 399 g/mol. The molecule has 4 nitrogen and oxygen atoms in total. The number of anilines is 1. The topological polar surface area (TPSA) is 66.4 Å². The van der Waals surface area contributed by atoms with Crippen LogP contribution in [0.2, 0.25) is 0 Å². The molecule has 0 heterocycles. The number of allylic oxidation sites excluding steroid dienone is 1. The first-order chi connectivity index (χ1) is 13.2. The van der Waals surface area contributed by atoms with Gasteiger partial charge in [-0.1, -0.05) is 51.9 Å². The van der Waals surface area contributed by atoms with Gasteiger partial charge in [0.1, 0.15) is 5.76 Å². The van der Waals surface area contributed by atoms with Crippen molar-refractivity contribution in [2.75, 3.05) is 5.32 Å². The van der Waals surface area contributed by atoms with Gasteiger partial charge in [-0.05, 0) is 30.7 Å². The summed E-state index contributed by atoms with van der Waals surface area (Å²) in [6, 6.07) is 5.59. The lowest BCUT2D eigenvalue weighted by molar-refractivity contribution is -0.165. The molecular weight excluding hydrogens is 371 g/mol. The number of hydrogen-bond acceptors (Lipinski definition) is 3. The number of nitrogens with one attached hydrogen (secondary N) is 1. The van der Waals surface area contributed by atoms with Crippen molar-refractivity contribution in [1.82, 2.24) is 0 Å². The van der Waals surface area contributed by atoms with Crippen molar-refractivity contribution >= 4 is 23.1 Å². The third kappa shape index (κ3) is 9.58. The summed E-state index contributed by atoms with van der Waals surface area (Å²) >= 11 is 0. The summed E-state index contributed by atoms with van der Waals surface area (Å²) in [4.78, 5) is 22.8. The van der Waals surface area contributed by atoms with E-state index in [1.54, 1.807) is 0 Å². The van der Waals surface area contributed by atoms with Crippen LogP contribution in [0, 0.1) is 0 Å². The highest BCUT2D eigenvalue weighted by Gasteiger charge is 2.37. The molecule has 1 aromatic rings. The first-order valence-corrected chi connectivity index (χ1v) is 9.66. The highest BCUT2D eigenvalue weighted by Crippen LogP contribution is 2.21. The fourth-order valence-corrected chi connectivity index (χ4v) is 2.66. The number of unbranched alkanes of at least 4 members (excludes halogenated alkanes) is 7. The molecule has 2 N–H and O–H groups in total. The molecule has 0 saturated heterocycles. The smallest absolute Gasteiger partial charge is 0.454 e. The summed E-state index contributed by atoms with van der Waals surface area (Å²) in [6.45, 7) is 2.18. The molecule has 0 atom stereocenters. The second-order valence-electron chi connectivity index (χ2n) is 6.74. The summed E-state index contributed by atoms with van der Waals surface area (Å²) in [7, 11) is 0. The molecule has 0 unspecified atom stereocenters. The zero-order valence-corrected chi connectivity index (χ0v) is 16.1. The Labute approximate surface area is 163 Å². The first-order valence-electron chi connectivity index (χ1n) is 9.66. The molecule has 28 heavy (non-hydrogen) atoms. The van der Waals surface area contributed by atoms with E-state index >= 15 is 0 Å². The predicted molar refractivity (Wildman–Crippen MR) is 104 cm³/mol. The highest BCUT2D eigenvalue weighted by molar-refractivity contribution is 5.99. The van der Waals surface area contributed by atoms with E-state index in [0.29, 0.717) is 12.1 Å². The van der Waals surface area contributed by atoms with Crippen LogP contribution in [-0.2, 0) is 9.59 Å². The molecule has 0 aliphatic heterocycles. The van der Waals surface area contributed by atoms with Crippen molar-refractivity contribution in [2.24, 2.45) is 0 Å². The minimum absolute atomic E-state index is 0.0543. The van der Waals surface area contributed by atoms with Gasteiger partial charge in [-0.2, -0.15) is 13.2 Å². The Bertz CT molecular complexity index is 652. The summed E-state index contributed by atoms with van der Waals surface area (Å²) in [5.41, 5.74) is 0.530. The van der Waals surface area contributed by atoms with E-state index in [4.69, 9.17) is 0 Å². The maximum Gasteiger partial charge on any atom is 0.454 e. The third-order valence-electron chi connectivity index (χ3n) is 4.27. The Morgan fingerprint density at radius 2 is 1.50 bits per heavy atom. The van der Waals surface area contributed by atoms with E-state index in [1.807, 2.05) is 0 Å². The van der Waals surface area contributed by atoms with Crippen LogP contribution in [0.4, 0.5) is 18.9 Å². The van der Waals surface area contributed by atoms with Crippen LogP contribution in [0.5, 0.6) is 0 Å². The third-order valence-corrected chi connectivity index (χ3v) is 4.27. The molecule has 0 saturated carbocycles. The fourth-order valence-electron chi connectivity index (χ4n) is 2.66. The number of hydrogen-bond donors (Lipinski definition) is 2. The van der Waals surface area contributed by atoms with Crippen molar-refractivity contribution in [2.45, 2.75) is 70.9 Å². The number of carbonyl (C=O) groups excluding carboxylic acids is 2. The predicted octanol–water partition coefficient (Wildman–Crippen LogP) is 6.19. The molecule has 0 spiro atoms. The van der Waals surface area contributed by atoms with Gasteiger partial charge >= 0.3 is 6.18 Å². The fraction of sp³-hybridized carbons (Fsp3) is 0.524. The largest absolute Gasteiger partial charge is 0.507 e. The quantitative estimate of drug-likeness (QED) is 0.250. The number of alkyl halides is 3. The van der Waals surface area contributed by atoms with Gasteiger partial charge < -0.3 is 10.4 Å². The molecule has 7 heteroatoms. The molecule has 0 bridgehead atoms. The monoisotopic (exact) mass is 399 g/mol. The summed E-state index contributed by atoms with van der Waals surface area (Å²) in [6.07, 6.45) is 4.63. The summed E-state index contributed by atoms with van der Waals surface area (Å²) < 4.78 is 36.6. The van der Waals surface area contributed by atoms with Crippen molar-refractivity contribution in [3.8, 4) is 0 Å². The van der Waals surface area contributed by atoms with E-state index in [1.165, 1.54) is 56.4 Å². The Hall–Kier alpha value is -2.31. The summed E-state index contributed by atoms with van der Waals surface area (Å²) in [5.74, 6) is -3.04. The molecular formula is C21H28F3NO3. The van der Waals surface area contributed by atoms with Crippen LogP contribution in [0.1, 0.15) is 70.3 Å². The average Bonchev–Trinajstić information content (AvgIpc) is 2.63. The maximum atomic E-state index is 12.2. The van der Waals surface area contributed by atoms with Gasteiger partial charge in [-0.3, -0.25) is 9.59 Å². The van der Waals surface area contributed by atoms with Crippen molar-refractivity contribution in [3.05, 3.63) is 35.9 Å². The molecule has 1 rings (SSSR count). The molecule has 0 aliphatic carbocycles. The molecule has 1 aromatic carbocycles. The van der Waals surface area contributed by atoms with Gasteiger partial charge in [0.05, 0.1) is 0 Å². The Morgan fingerprint density at radius 3 is 2.04 bits per heavy atom.